The van der Waals surface area contributed by atoms with Crippen molar-refractivity contribution in [1.82, 2.24) is 25.4 Å². The second-order valence-electron chi connectivity index (χ2n) is 5.15. The van der Waals surface area contributed by atoms with E-state index in [1.165, 1.54) is 35.3 Å². The fraction of sp³-hybridized carbons (Fsp3) is 0.357. The Morgan fingerprint density at radius 2 is 2.05 bits per heavy atom. The van der Waals surface area contributed by atoms with E-state index < -0.39 is 11.6 Å². The number of aromatic nitrogens is 3. The lowest BCUT2D eigenvalue weighted by molar-refractivity contribution is 0.0593. The van der Waals surface area contributed by atoms with Crippen LogP contribution in [0.15, 0.2) is 30.6 Å². The summed E-state index contributed by atoms with van der Waals surface area (Å²) in [6.45, 7) is 1.71. The third-order valence-electron chi connectivity index (χ3n) is 3.11. The van der Waals surface area contributed by atoms with Crippen LogP contribution < -0.4 is 10.6 Å². The molecule has 0 saturated carbocycles. The third-order valence-corrected chi connectivity index (χ3v) is 3.11. The fourth-order valence-corrected chi connectivity index (χ4v) is 1.85. The number of nitrogens with zero attached hydrogens (tertiary/aromatic N) is 3. The minimum Gasteiger partial charge on any atom is -0.384 e. The Bertz CT molecular complexity index is 639. The van der Waals surface area contributed by atoms with Gasteiger partial charge in [0.15, 0.2) is 5.82 Å². The van der Waals surface area contributed by atoms with Gasteiger partial charge in [0.1, 0.15) is 17.7 Å². The molecule has 22 heavy (non-hydrogen) atoms. The largest absolute Gasteiger partial charge is 0.384 e. The quantitative estimate of drug-likeness (QED) is 0.757. The predicted octanol–water partition coefficient (Wildman–Crippen LogP) is 0.661. The van der Waals surface area contributed by atoms with Crippen LogP contribution in [0, 0.1) is 5.82 Å². The van der Waals surface area contributed by atoms with E-state index in [2.05, 4.69) is 20.7 Å². The van der Waals surface area contributed by atoms with Crippen molar-refractivity contribution in [3.05, 3.63) is 47.8 Å². The molecule has 1 atom stereocenters. The first kappa shape index (κ1) is 15.9. The number of aliphatic hydroxyl groups is 1. The highest BCUT2D eigenvalue weighted by molar-refractivity contribution is 5.73. The first-order valence-electron chi connectivity index (χ1n) is 6.71. The monoisotopic (exact) mass is 307 g/mol. The van der Waals surface area contributed by atoms with Crippen LogP contribution in [0.1, 0.15) is 18.3 Å². The summed E-state index contributed by atoms with van der Waals surface area (Å²) >= 11 is 0. The van der Waals surface area contributed by atoms with Crippen molar-refractivity contribution in [2.45, 2.75) is 19.1 Å². The number of urea groups is 1. The van der Waals surface area contributed by atoms with E-state index in [0.717, 1.165) is 0 Å². The van der Waals surface area contributed by atoms with Crippen LogP contribution in [0.25, 0.3) is 0 Å². The number of amides is 2. The van der Waals surface area contributed by atoms with E-state index in [4.69, 9.17) is 0 Å². The highest BCUT2D eigenvalue weighted by atomic mass is 19.1. The molecule has 118 valence electrons. The van der Waals surface area contributed by atoms with Crippen LogP contribution in [-0.4, -0.2) is 32.4 Å². The molecule has 7 nitrogen and oxygen atoms in total. The summed E-state index contributed by atoms with van der Waals surface area (Å²) in [6, 6.07) is 5.03. The Morgan fingerprint density at radius 1 is 1.36 bits per heavy atom. The number of carbonyl (C=O) groups excluding carboxylic acids is 1. The van der Waals surface area contributed by atoms with Crippen molar-refractivity contribution in [2.75, 3.05) is 6.54 Å². The number of rotatable bonds is 5. The molecule has 1 heterocycles. The lowest BCUT2D eigenvalue weighted by Gasteiger charge is -2.24. The lowest BCUT2D eigenvalue weighted by Crippen LogP contribution is -2.43. The molecule has 0 aliphatic rings. The van der Waals surface area contributed by atoms with Gasteiger partial charge < -0.3 is 15.7 Å². The lowest BCUT2D eigenvalue weighted by atomic mass is 9.96. The SMILES string of the molecule is Cn1cnc(CNC(=O)NCC(C)(O)c2ccc(F)cc2)n1. The van der Waals surface area contributed by atoms with Gasteiger partial charge in [0.25, 0.3) is 0 Å². The maximum atomic E-state index is 12.9. The fourth-order valence-electron chi connectivity index (χ4n) is 1.85. The minimum absolute atomic E-state index is 0.0138. The second-order valence-corrected chi connectivity index (χ2v) is 5.15. The van der Waals surface area contributed by atoms with Gasteiger partial charge in [0.05, 0.1) is 13.1 Å². The van der Waals surface area contributed by atoms with Crippen LogP contribution >= 0.6 is 0 Å². The van der Waals surface area contributed by atoms with Crippen LogP contribution in [0.5, 0.6) is 0 Å². The third kappa shape index (κ3) is 4.26. The Hall–Kier alpha value is -2.48. The van der Waals surface area contributed by atoms with Crippen molar-refractivity contribution in [1.29, 1.82) is 0 Å². The highest BCUT2D eigenvalue weighted by Crippen LogP contribution is 2.19. The van der Waals surface area contributed by atoms with E-state index in [9.17, 15) is 14.3 Å². The average Bonchev–Trinajstić information content (AvgIpc) is 2.89. The summed E-state index contributed by atoms with van der Waals surface area (Å²) < 4.78 is 14.4. The molecule has 0 aliphatic heterocycles. The highest BCUT2D eigenvalue weighted by Gasteiger charge is 2.23. The number of nitrogens with one attached hydrogen (secondary N) is 2. The molecule has 0 radical (unpaired) electrons. The molecule has 2 rings (SSSR count). The zero-order valence-corrected chi connectivity index (χ0v) is 12.4. The van der Waals surface area contributed by atoms with E-state index in [-0.39, 0.29) is 18.9 Å². The second kappa shape index (κ2) is 6.52. The van der Waals surface area contributed by atoms with E-state index >= 15 is 0 Å². The number of hydrogen-bond donors (Lipinski definition) is 3. The van der Waals surface area contributed by atoms with Crippen LogP contribution in [0.2, 0.25) is 0 Å². The predicted molar refractivity (Wildman–Crippen MR) is 77.2 cm³/mol. The molecule has 8 heteroatoms. The van der Waals surface area contributed by atoms with Crippen molar-refractivity contribution in [3.63, 3.8) is 0 Å². The van der Waals surface area contributed by atoms with Gasteiger partial charge in [0, 0.05) is 7.05 Å². The number of aryl methyl sites for hydroxylation is 1. The average molecular weight is 307 g/mol. The molecular formula is C14H18FN5O2. The normalized spacial score (nSPS) is 13.5. The summed E-state index contributed by atoms with van der Waals surface area (Å²) in [5, 5.41) is 19.5. The van der Waals surface area contributed by atoms with Gasteiger partial charge in [-0.05, 0) is 24.6 Å². The Kier molecular flexibility index (Phi) is 4.71. The molecule has 0 spiro atoms. The van der Waals surface area contributed by atoms with Crippen LogP contribution in [-0.2, 0) is 19.2 Å². The Labute approximate surface area is 127 Å². The van der Waals surface area contributed by atoms with E-state index in [1.807, 2.05) is 0 Å². The molecule has 1 aromatic carbocycles. The van der Waals surface area contributed by atoms with Gasteiger partial charge in [-0.2, -0.15) is 5.10 Å². The van der Waals surface area contributed by atoms with Crippen LogP contribution in [0.3, 0.4) is 0 Å². The van der Waals surface area contributed by atoms with Crippen molar-refractivity contribution in [2.24, 2.45) is 7.05 Å². The van der Waals surface area contributed by atoms with Crippen molar-refractivity contribution >= 4 is 6.03 Å². The van der Waals surface area contributed by atoms with Gasteiger partial charge in [-0.15, -0.1) is 0 Å². The zero-order chi connectivity index (χ0) is 16.2. The number of halogens is 1. The topological polar surface area (TPSA) is 92.1 Å². The van der Waals surface area contributed by atoms with Gasteiger partial charge in [0.2, 0.25) is 0 Å². The molecule has 3 N–H and O–H groups in total. The maximum absolute atomic E-state index is 12.9. The number of hydrogen-bond acceptors (Lipinski definition) is 4. The van der Waals surface area contributed by atoms with E-state index in [0.29, 0.717) is 11.4 Å². The zero-order valence-electron chi connectivity index (χ0n) is 12.4. The molecular weight excluding hydrogens is 289 g/mol. The van der Waals surface area contributed by atoms with Gasteiger partial charge in [-0.1, -0.05) is 12.1 Å². The molecule has 2 aromatic rings. The summed E-state index contributed by atoms with van der Waals surface area (Å²) in [5.41, 5.74) is -0.783. The standard InChI is InChI=1S/C14H18FN5O2/c1-14(22,10-3-5-11(15)6-4-10)8-17-13(21)16-7-12-18-9-20(2)19-12/h3-6,9,22H,7-8H2,1-2H3,(H2,16,17,21). The summed E-state index contributed by atoms with van der Waals surface area (Å²) in [6.07, 6.45) is 1.54. The van der Waals surface area contributed by atoms with Crippen LogP contribution in [0.4, 0.5) is 9.18 Å². The van der Waals surface area contributed by atoms with Crippen molar-refractivity contribution < 1.29 is 14.3 Å². The summed E-state index contributed by atoms with van der Waals surface area (Å²) in [5.74, 6) is 0.107. The first-order valence-corrected chi connectivity index (χ1v) is 6.71. The smallest absolute Gasteiger partial charge is 0.315 e. The molecule has 1 aromatic heterocycles. The maximum Gasteiger partial charge on any atom is 0.315 e. The minimum atomic E-state index is -1.30. The Morgan fingerprint density at radius 3 is 2.64 bits per heavy atom. The van der Waals surface area contributed by atoms with E-state index in [1.54, 1.807) is 14.0 Å². The Balaban J connectivity index is 1.83. The number of carbonyl (C=O) groups is 1. The molecule has 2 amide bonds. The summed E-state index contributed by atoms with van der Waals surface area (Å²) in [4.78, 5) is 15.7. The molecule has 1 unspecified atom stereocenters. The molecule has 0 fully saturated rings. The first-order chi connectivity index (χ1) is 10.4. The van der Waals surface area contributed by atoms with Gasteiger partial charge in [-0.3, -0.25) is 4.68 Å². The summed E-state index contributed by atoms with van der Waals surface area (Å²) in [7, 11) is 1.73. The van der Waals surface area contributed by atoms with Crippen molar-refractivity contribution in [3.8, 4) is 0 Å². The number of benzene rings is 1. The molecule has 0 bridgehead atoms. The van der Waals surface area contributed by atoms with Gasteiger partial charge >= 0.3 is 6.03 Å². The molecule has 0 aliphatic carbocycles. The molecule has 0 saturated heterocycles. The van der Waals surface area contributed by atoms with Gasteiger partial charge in [-0.25, -0.2) is 14.2 Å².